The molecule has 0 amide bonds. The highest BCUT2D eigenvalue weighted by atomic mass is 32.3. The lowest BCUT2D eigenvalue weighted by Crippen LogP contribution is -1.95. The van der Waals surface area contributed by atoms with E-state index in [4.69, 9.17) is 0 Å². The van der Waals surface area contributed by atoms with E-state index in [9.17, 15) is 0 Å². The number of hydrogen-bond donors (Lipinski definition) is 0. The molecule has 0 saturated heterocycles. The third-order valence-electron chi connectivity index (χ3n) is 0.816. The minimum absolute atomic E-state index is 0.174. The molecule has 0 radical (unpaired) electrons. The predicted octanol–water partition coefficient (Wildman–Crippen LogP) is 2.09. The van der Waals surface area contributed by atoms with Gasteiger partial charge in [-0.3, -0.25) is 0 Å². The summed E-state index contributed by atoms with van der Waals surface area (Å²) in [7, 11) is -0.174. The Hall–Kier alpha value is 0.350. The van der Waals surface area contributed by atoms with Gasteiger partial charge < -0.3 is 0 Å². The zero-order chi connectivity index (χ0) is 5.91. The first kappa shape index (κ1) is 7.35. The lowest BCUT2D eigenvalue weighted by Gasteiger charge is -2.23. The van der Waals surface area contributed by atoms with Crippen molar-refractivity contribution in [2.45, 2.75) is 13.3 Å². The molecule has 0 nitrogen and oxygen atoms in total. The van der Waals surface area contributed by atoms with Gasteiger partial charge in [0.25, 0.3) is 0 Å². The monoisotopic (exact) mass is 120 g/mol. The molecule has 0 aromatic rings. The largest absolute Gasteiger partial charge is 0.250 e. The van der Waals surface area contributed by atoms with Crippen LogP contribution in [0.3, 0.4) is 0 Å². The van der Waals surface area contributed by atoms with Gasteiger partial charge in [0.1, 0.15) is 0 Å². The lowest BCUT2D eigenvalue weighted by atomic mass is 10.6. The maximum absolute atomic E-state index is 2.36. The zero-order valence-corrected chi connectivity index (χ0v) is 6.64. The van der Waals surface area contributed by atoms with Crippen LogP contribution >= 0.6 is 10.0 Å². The highest BCUT2D eigenvalue weighted by molar-refractivity contribution is 8.32. The van der Waals surface area contributed by atoms with E-state index in [1.54, 1.807) is 0 Å². The Labute approximate surface area is 48.6 Å². The van der Waals surface area contributed by atoms with Gasteiger partial charge in [0.2, 0.25) is 0 Å². The van der Waals surface area contributed by atoms with Gasteiger partial charge in [0.15, 0.2) is 0 Å². The van der Waals surface area contributed by atoms with Crippen LogP contribution in [-0.4, -0.2) is 24.5 Å². The van der Waals surface area contributed by atoms with Crippen molar-refractivity contribution in [3.05, 3.63) is 0 Å². The average molecular weight is 120 g/mol. The summed E-state index contributed by atoms with van der Waals surface area (Å²) in [6.45, 7) is 2.25. The van der Waals surface area contributed by atoms with Crippen molar-refractivity contribution in [2.24, 2.45) is 0 Å². The Morgan fingerprint density at radius 3 is 1.57 bits per heavy atom. The quantitative estimate of drug-likeness (QED) is 0.523. The van der Waals surface area contributed by atoms with E-state index >= 15 is 0 Å². The van der Waals surface area contributed by atoms with E-state index in [1.807, 2.05) is 0 Å². The summed E-state index contributed by atoms with van der Waals surface area (Å²) in [5.41, 5.74) is 0. The van der Waals surface area contributed by atoms with Crippen LogP contribution in [0.15, 0.2) is 0 Å². The van der Waals surface area contributed by atoms with Crippen LogP contribution in [0.5, 0.6) is 0 Å². The first-order chi connectivity index (χ1) is 3.06. The number of rotatable bonds is 2. The molecule has 0 aromatic heterocycles. The zero-order valence-electron chi connectivity index (χ0n) is 5.82. The predicted molar refractivity (Wildman–Crippen MR) is 40.5 cm³/mol. The fourth-order valence-electron chi connectivity index (χ4n) is 0.612. The first-order valence-corrected chi connectivity index (χ1v) is 5.75. The van der Waals surface area contributed by atoms with Gasteiger partial charge in [-0.1, -0.05) is 6.92 Å². The second-order valence-electron chi connectivity index (χ2n) is 2.79. The molecule has 0 aliphatic rings. The molecule has 0 bridgehead atoms. The molecular weight excluding hydrogens is 104 g/mol. The Morgan fingerprint density at radius 1 is 1.14 bits per heavy atom. The van der Waals surface area contributed by atoms with Gasteiger partial charge in [-0.2, -0.15) is 0 Å². The summed E-state index contributed by atoms with van der Waals surface area (Å²) in [6, 6.07) is 0. The van der Waals surface area contributed by atoms with E-state index < -0.39 is 0 Å². The van der Waals surface area contributed by atoms with Crippen molar-refractivity contribution in [1.29, 1.82) is 0 Å². The standard InChI is InChI=1S/C6H16S/c1-5-6-7(2,3)4/h5-6H2,1-4H3. The van der Waals surface area contributed by atoms with Gasteiger partial charge >= 0.3 is 0 Å². The maximum atomic E-state index is 2.36. The summed E-state index contributed by atoms with van der Waals surface area (Å²) in [4.78, 5) is 0. The Balaban J connectivity index is 3.15. The van der Waals surface area contributed by atoms with Gasteiger partial charge in [-0.05, 0) is 30.9 Å². The highest BCUT2D eigenvalue weighted by Crippen LogP contribution is 2.34. The molecule has 0 aliphatic heterocycles. The van der Waals surface area contributed by atoms with Crippen LogP contribution in [-0.2, 0) is 0 Å². The van der Waals surface area contributed by atoms with Crippen LogP contribution in [0.4, 0.5) is 0 Å². The smallest absolute Gasteiger partial charge is 0.0238 e. The fourth-order valence-corrected chi connectivity index (χ4v) is 1.84. The molecule has 46 valence electrons. The Bertz CT molecular complexity index is 42.6. The molecular formula is C6H16S. The van der Waals surface area contributed by atoms with Crippen LogP contribution in [0.1, 0.15) is 13.3 Å². The topological polar surface area (TPSA) is 0 Å². The molecule has 1 heteroatoms. The van der Waals surface area contributed by atoms with Crippen molar-refractivity contribution >= 4 is 10.0 Å². The molecule has 0 unspecified atom stereocenters. The fraction of sp³-hybridized carbons (Fsp3) is 1.00. The van der Waals surface area contributed by atoms with Crippen LogP contribution in [0.2, 0.25) is 0 Å². The summed E-state index contributed by atoms with van der Waals surface area (Å²) >= 11 is 0. The first-order valence-electron chi connectivity index (χ1n) is 2.72. The summed E-state index contributed by atoms with van der Waals surface area (Å²) in [5, 5.41) is 0. The van der Waals surface area contributed by atoms with Crippen LogP contribution in [0, 0.1) is 0 Å². The third-order valence-corrected chi connectivity index (χ3v) is 2.45. The molecule has 0 fully saturated rings. The lowest BCUT2D eigenvalue weighted by molar-refractivity contribution is 1.10. The van der Waals surface area contributed by atoms with Crippen LogP contribution in [0.25, 0.3) is 0 Å². The molecule has 0 aliphatic carbocycles. The third kappa shape index (κ3) is 6.35. The SMILES string of the molecule is CCCS(C)(C)C. The minimum Gasteiger partial charge on any atom is -0.250 e. The van der Waals surface area contributed by atoms with Gasteiger partial charge in [0.05, 0.1) is 0 Å². The molecule has 0 N–H and O–H groups in total. The second kappa shape index (κ2) is 2.61. The molecule has 0 spiro atoms. The maximum Gasteiger partial charge on any atom is -0.0238 e. The van der Waals surface area contributed by atoms with Gasteiger partial charge in [-0.25, -0.2) is 10.0 Å². The summed E-state index contributed by atoms with van der Waals surface area (Å²) in [6.07, 6.45) is 8.42. The van der Waals surface area contributed by atoms with Gasteiger partial charge in [-0.15, -0.1) is 0 Å². The summed E-state index contributed by atoms with van der Waals surface area (Å²) in [5.74, 6) is 1.42. The van der Waals surface area contributed by atoms with Crippen molar-refractivity contribution in [2.75, 3.05) is 24.5 Å². The van der Waals surface area contributed by atoms with Crippen molar-refractivity contribution < 1.29 is 0 Å². The van der Waals surface area contributed by atoms with E-state index in [0.717, 1.165) is 0 Å². The summed E-state index contributed by atoms with van der Waals surface area (Å²) < 4.78 is 0. The van der Waals surface area contributed by atoms with Crippen molar-refractivity contribution in [3.63, 3.8) is 0 Å². The minimum atomic E-state index is -0.174. The van der Waals surface area contributed by atoms with E-state index in [1.165, 1.54) is 12.2 Å². The molecule has 0 rings (SSSR count). The van der Waals surface area contributed by atoms with Gasteiger partial charge in [0, 0.05) is 0 Å². The molecule has 0 saturated carbocycles. The Morgan fingerprint density at radius 2 is 1.57 bits per heavy atom. The normalized spacial score (nSPS) is 14.3. The highest BCUT2D eigenvalue weighted by Gasteiger charge is 1.98. The second-order valence-corrected chi connectivity index (χ2v) is 7.38. The molecule has 0 atom stereocenters. The molecule has 0 aromatic carbocycles. The Kier molecular flexibility index (Phi) is 2.74. The van der Waals surface area contributed by atoms with Crippen molar-refractivity contribution in [3.8, 4) is 0 Å². The van der Waals surface area contributed by atoms with Crippen molar-refractivity contribution in [1.82, 2.24) is 0 Å². The number of hydrogen-bond acceptors (Lipinski definition) is 0. The molecule has 7 heavy (non-hydrogen) atoms. The van der Waals surface area contributed by atoms with Crippen LogP contribution < -0.4 is 0 Å². The van der Waals surface area contributed by atoms with E-state index in [0.29, 0.717) is 0 Å². The van der Waals surface area contributed by atoms with E-state index in [2.05, 4.69) is 25.7 Å². The van der Waals surface area contributed by atoms with E-state index in [-0.39, 0.29) is 10.0 Å². The molecule has 0 heterocycles. The average Bonchev–Trinajstić information content (AvgIpc) is 1.30.